The Morgan fingerprint density at radius 1 is 0.939 bits per heavy atom. The quantitative estimate of drug-likeness (QED) is 0.353. The van der Waals surface area contributed by atoms with E-state index in [9.17, 15) is 19.5 Å². The molecule has 0 saturated heterocycles. The molecule has 3 N–H and O–H groups in total. The number of ketones is 1. The second kappa shape index (κ2) is 9.10. The summed E-state index contributed by atoms with van der Waals surface area (Å²) in [6.45, 7) is 1.42. The number of pyridine rings is 1. The molecule has 0 unspecified atom stereocenters. The molecule has 164 valence electrons. The van der Waals surface area contributed by atoms with Gasteiger partial charge in [0.1, 0.15) is 5.75 Å². The molecule has 3 aromatic carbocycles. The summed E-state index contributed by atoms with van der Waals surface area (Å²) in [4.78, 5) is 41.9. The number of nitrogens with zero attached hydrogens (tertiary/aromatic N) is 1. The van der Waals surface area contributed by atoms with Gasteiger partial charge >= 0.3 is 6.03 Å². The molecule has 1 heterocycles. The summed E-state index contributed by atoms with van der Waals surface area (Å²) in [6, 6.07) is 18.6. The number of anilines is 1. The van der Waals surface area contributed by atoms with E-state index in [4.69, 9.17) is 11.6 Å². The van der Waals surface area contributed by atoms with E-state index in [1.54, 1.807) is 60.7 Å². The molecule has 3 amide bonds. The van der Waals surface area contributed by atoms with Crippen LogP contribution in [0.4, 0.5) is 10.5 Å². The first-order valence-electron chi connectivity index (χ1n) is 9.94. The Balaban J connectivity index is 1.74. The van der Waals surface area contributed by atoms with Crippen LogP contribution in [-0.4, -0.2) is 27.8 Å². The van der Waals surface area contributed by atoms with Gasteiger partial charge in [0.05, 0.1) is 16.8 Å². The lowest BCUT2D eigenvalue weighted by atomic mass is 10.0. The van der Waals surface area contributed by atoms with E-state index in [-0.39, 0.29) is 17.1 Å². The lowest BCUT2D eigenvalue weighted by Crippen LogP contribution is -2.34. The van der Waals surface area contributed by atoms with Gasteiger partial charge in [-0.25, -0.2) is 9.78 Å². The van der Waals surface area contributed by atoms with Gasteiger partial charge in [-0.1, -0.05) is 23.7 Å². The number of halogens is 1. The van der Waals surface area contributed by atoms with Crippen molar-refractivity contribution < 1.29 is 19.5 Å². The number of carbonyl (C=O) groups excluding carboxylic acids is 3. The maximum atomic E-state index is 13.1. The van der Waals surface area contributed by atoms with Gasteiger partial charge in [0.15, 0.2) is 5.78 Å². The van der Waals surface area contributed by atoms with Crippen LogP contribution in [0.3, 0.4) is 0 Å². The molecular formula is C25H18ClN3O4. The number of hydrogen-bond donors (Lipinski definition) is 3. The number of aromatic hydroxyl groups is 1. The second-order valence-electron chi connectivity index (χ2n) is 7.28. The smallest absolute Gasteiger partial charge is 0.326 e. The predicted octanol–water partition coefficient (Wildman–Crippen LogP) is 5.43. The number of urea groups is 1. The summed E-state index contributed by atoms with van der Waals surface area (Å²) in [5.74, 6) is -0.865. The minimum Gasteiger partial charge on any atom is -0.507 e. The maximum absolute atomic E-state index is 13.1. The van der Waals surface area contributed by atoms with Gasteiger partial charge in [0.25, 0.3) is 5.91 Å². The first-order valence-corrected chi connectivity index (χ1v) is 10.3. The number of para-hydroxylation sites is 1. The third kappa shape index (κ3) is 4.83. The minimum absolute atomic E-state index is 0.00320. The van der Waals surface area contributed by atoms with Crippen molar-refractivity contribution in [1.29, 1.82) is 0 Å². The number of phenolic OH excluding ortho intramolecular Hbond substituents is 1. The third-order valence-corrected chi connectivity index (χ3v) is 5.22. The standard InChI is InChI=1S/C25H18ClN3O4/c1-14(30)15-6-11-21-19(12-15)20(13-22(28-21)18-4-2-3-5-23(18)31)24(32)29-25(33)27-17-9-7-16(26)8-10-17/h2-13,31H,1H3,(H2,27,29,32,33). The number of benzene rings is 3. The molecule has 0 saturated carbocycles. The Morgan fingerprint density at radius 3 is 2.36 bits per heavy atom. The van der Waals surface area contributed by atoms with Gasteiger partial charge in [-0.2, -0.15) is 0 Å². The highest BCUT2D eigenvalue weighted by Crippen LogP contribution is 2.31. The van der Waals surface area contributed by atoms with Crippen LogP contribution in [0.5, 0.6) is 5.75 Å². The Kier molecular flexibility index (Phi) is 6.06. The van der Waals surface area contributed by atoms with Crippen LogP contribution in [0.2, 0.25) is 5.02 Å². The largest absolute Gasteiger partial charge is 0.507 e. The molecule has 0 aliphatic rings. The number of hydrogen-bond acceptors (Lipinski definition) is 5. The molecule has 33 heavy (non-hydrogen) atoms. The van der Waals surface area contributed by atoms with Crippen LogP contribution in [0.1, 0.15) is 27.6 Å². The van der Waals surface area contributed by atoms with Crippen molar-refractivity contribution in [2.24, 2.45) is 0 Å². The zero-order valence-electron chi connectivity index (χ0n) is 17.4. The summed E-state index contributed by atoms with van der Waals surface area (Å²) >= 11 is 5.85. The second-order valence-corrected chi connectivity index (χ2v) is 7.71. The van der Waals surface area contributed by atoms with E-state index < -0.39 is 11.9 Å². The molecule has 0 bridgehead atoms. The average Bonchev–Trinajstić information content (AvgIpc) is 2.79. The van der Waals surface area contributed by atoms with E-state index in [1.807, 2.05) is 0 Å². The topological polar surface area (TPSA) is 108 Å². The van der Waals surface area contributed by atoms with Crippen molar-refractivity contribution in [3.63, 3.8) is 0 Å². The highest BCUT2D eigenvalue weighted by molar-refractivity contribution is 6.30. The van der Waals surface area contributed by atoms with Gasteiger partial charge in [-0.3, -0.25) is 14.9 Å². The van der Waals surface area contributed by atoms with Gasteiger partial charge < -0.3 is 10.4 Å². The Hall–Kier alpha value is -4.23. The van der Waals surface area contributed by atoms with Crippen LogP contribution in [0.15, 0.2) is 72.8 Å². The molecule has 8 heteroatoms. The lowest BCUT2D eigenvalue weighted by Gasteiger charge is -2.12. The summed E-state index contributed by atoms with van der Waals surface area (Å²) < 4.78 is 0. The van der Waals surface area contributed by atoms with E-state index in [0.29, 0.717) is 38.4 Å². The van der Waals surface area contributed by atoms with Gasteiger partial charge in [-0.15, -0.1) is 0 Å². The number of carbonyl (C=O) groups is 3. The number of fused-ring (bicyclic) bond motifs is 1. The fraction of sp³-hybridized carbons (Fsp3) is 0.0400. The number of amides is 3. The van der Waals surface area contributed by atoms with Gasteiger partial charge in [-0.05, 0) is 67.6 Å². The number of imide groups is 1. The number of nitrogens with one attached hydrogen (secondary N) is 2. The van der Waals surface area contributed by atoms with E-state index in [0.717, 1.165) is 0 Å². The molecular weight excluding hydrogens is 442 g/mol. The Bertz CT molecular complexity index is 1400. The van der Waals surface area contributed by atoms with Crippen LogP contribution in [0.25, 0.3) is 22.2 Å². The molecule has 1 aromatic heterocycles. The van der Waals surface area contributed by atoms with Crippen LogP contribution < -0.4 is 10.6 Å². The van der Waals surface area contributed by atoms with Crippen molar-refractivity contribution in [2.75, 3.05) is 5.32 Å². The molecule has 0 aliphatic carbocycles. The van der Waals surface area contributed by atoms with Crippen molar-refractivity contribution in [1.82, 2.24) is 10.3 Å². The highest BCUT2D eigenvalue weighted by atomic mass is 35.5. The van der Waals surface area contributed by atoms with Crippen LogP contribution in [0, 0.1) is 0 Å². The van der Waals surface area contributed by atoms with Gasteiger partial charge in [0.2, 0.25) is 0 Å². The van der Waals surface area contributed by atoms with Crippen molar-refractivity contribution in [2.45, 2.75) is 6.92 Å². The maximum Gasteiger partial charge on any atom is 0.326 e. The Labute approximate surface area is 194 Å². The SMILES string of the molecule is CC(=O)c1ccc2nc(-c3ccccc3O)cc(C(=O)NC(=O)Nc3ccc(Cl)cc3)c2c1. The number of aromatic nitrogens is 1. The zero-order valence-corrected chi connectivity index (χ0v) is 18.2. The molecule has 0 spiro atoms. The summed E-state index contributed by atoms with van der Waals surface area (Å²) in [5, 5.41) is 16.0. The van der Waals surface area contributed by atoms with Crippen molar-refractivity contribution >= 4 is 45.9 Å². The monoisotopic (exact) mass is 459 g/mol. The van der Waals surface area contributed by atoms with Crippen LogP contribution in [-0.2, 0) is 0 Å². The Morgan fingerprint density at radius 2 is 1.67 bits per heavy atom. The summed E-state index contributed by atoms with van der Waals surface area (Å²) in [6.07, 6.45) is 0. The van der Waals surface area contributed by atoms with E-state index in [2.05, 4.69) is 15.6 Å². The summed E-state index contributed by atoms with van der Waals surface area (Å²) in [5.41, 5.74) is 2.20. The minimum atomic E-state index is -0.737. The van der Waals surface area contributed by atoms with E-state index >= 15 is 0 Å². The highest BCUT2D eigenvalue weighted by Gasteiger charge is 2.18. The van der Waals surface area contributed by atoms with Crippen molar-refractivity contribution in [3.8, 4) is 17.0 Å². The zero-order chi connectivity index (χ0) is 23.5. The number of phenols is 1. The lowest BCUT2D eigenvalue weighted by molar-refractivity contribution is 0.0966. The van der Waals surface area contributed by atoms with Gasteiger partial charge in [0, 0.05) is 27.2 Å². The normalized spacial score (nSPS) is 10.6. The first-order chi connectivity index (χ1) is 15.8. The molecule has 0 atom stereocenters. The predicted molar refractivity (Wildman–Crippen MR) is 127 cm³/mol. The molecule has 0 fully saturated rings. The van der Waals surface area contributed by atoms with Crippen LogP contribution >= 0.6 is 11.6 Å². The fourth-order valence-corrected chi connectivity index (χ4v) is 3.45. The molecule has 4 aromatic rings. The average molecular weight is 460 g/mol. The summed E-state index contributed by atoms with van der Waals surface area (Å²) in [7, 11) is 0. The van der Waals surface area contributed by atoms with E-state index in [1.165, 1.54) is 19.1 Å². The first kappa shape index (κ1) is 22.0. The molecule has 0 aliphatic heterocycles. The third-order valence-electron chi connectivity index (χ3n) is 4.97. The van der Waals surface area contributed by atoms with Crippen molar-refractivity contribution in [3.05, 3.63) is 88.9 Å². The number of rotatable bonds is 4. The fourth-order valence-electron chi connectivity index (χ4n) is 3.33. The molecule has 0 radical (unpaired) electrons. The molecule has 4 rings (SSSR count). The molecule has 7 nitrogen and oxygen atoms in total. The number of Topliss-reactive ketones (excluding diaryl/α,β-unsaturated/α-hetero) is 1.